The zero-order valence-electron chi connectivity index (χ0n) is 11.3. The molecule has 2 rings (SSSR count). The number of nitrogens with one attached hydrogen (secondary N) is 1. The highest BCUT2D eigenvalue weighted by atomic mass is 19.3. The lowest BCUT2D eigenvalue weighted by Gasteiger charge is -2.17. The molecule has 1 atom stereocenters. The Morgan fingerprint density at radius 1 is 1.15 bits per heavy atom. The lowest BCUT2D eigenvalue weighted by molar-refractivity contribution is -0.0498. The van der Waals surface area contributed by atoms with Gasteiger partial charge in [-0.15, -0.1) is 0 Å². The molecule has 0 saturated carbocycles. The van der Waals surface area contributed by atoms with Gasteiger partial charge in [0, 0.05) is 12.2 Å². The standard InChI is InChI=1S/C15H16F2N2O/c1-10-7-8-18-9-14(10)19-11(2)12-3-5-13(6-4-12)20-15(16)17/h3-9,11,15,19H,1-2H3. The molecule has 5 heteroatoms. The van der Waals surface area contributed by atoms with Crippen LogP contribution in [-0.4, -0.2) is 11.6 Å². The molecule has 0 aliphatic heterocycles. The number of nitrogens with zero attached hydrogens (tertiary/aromatic N) is 1. The van der Waals surface area contributed by atoms with E-state index in [2.05, 4.69) is 15.0 Å². The fourth-order valence-electron chi connectivity index (χ4n) is 1.87. The van der Waals surface area contributed by atoms with Gasteiger partial charge in [-0.3, -0.25) is 4.98 Å². The van der Waals surface area contributed by atoms with E-state index in [-0.39, 0.29) is 11.8 Å². The van der Waals surface area contributed by atoms with Crippen molar-refractivity contribution in [1.82, 2.24) is 4.98 Å². The third-order valence-corrected chi connectivity index (χ3v) is 3.02. The number of hydrogen-bond acceptors (Lipinski definition) is 3. The van der Waals surface area contributed by atoms with Crippen LogP contribution in [0.15, 0.2) is 42.7 Å². The van der Waals surface area contributed by atoms with Crippen molar-refractivity contribution in [2.75, 3.05) is 5.32 Å². The number of rotatable bonds is 5. The number of hydrogen-bond donors (Lipinski definition) is 1. The Balaban J connectivity index is 2.06. The van der Waals surface area contributed by atoms with Gasteiger partial charge < -0.3 is 10.1 Å². The van der Waals surface area contributed by atoms with Crippen molar-refractivity contribution < 1.29 is 13.5 Å². The van der Waals surface area contributed by atoms with Gasteiger partial charge in [-0.05, 0) is 43.2 Å². The smallest absolute Gasteiger partial charge is 0.387 e. The van der Waals surface area contributed by atoms with Gasteiger partial charge in [-0.1, -0.05) is 12.1 Å². The van der Waals surface area contributed by atoms with Crippen molar-refractivity contribution in [3.63, 3.8) is 0 Å². The number of halogens is 2. The average molecular weight is 278 g/mol. The first kappa shape index (κ1) is 14.2. The van der Waals surface area contributed by atoms with Crippen LogP contribution >= 0.6 is 0 Å². The molecule has 20 heavy (non-hydrogen) atoms. The molecule has 0 spiro atoms. The van der Waals surface area contributed by atoms with Crippen LogP contribution in [0.3, 0.4) is 0 Å². The van der Waals surface area contributed by atoms with Crippen LogP contribution < -0.4 is 10.1 Å². The van der Waals surface area contributed by atoms with Gasteiger partial charge in [0.1, 0.15) is 5.75 Å². The highest BCUT2D eigenvalue weighted by molar-refractivity contribution is 5.49. The summed E-state index contributed by atoms with van der Waals surface area (Å²) >= 11 is 0. The number of aryl methyl sites for hydroxylation is 1. The lowest BCUT2D eigenvalue weighted by Crippen LogP contribution is -2.08. The highest BCUT2D eigenvalue weighted by Gasteiger charge is 2.08. The van der Waals surface area contributed by atoms with Crippen LogP contribution in [0.25, 0.3) is 0 Å². The van der Waals surface area contributed by atoms with Crippen molar-refractivity contribution in [2.24, 2.45) is 0 Å². The van der Waals surface area contributed by atoms with E-state index in [9.17, 15) is 8.78 Å². The van der Waals surface area contributed by atoms with Crippen LogP contribution in [0.1, 0.15) is 24.1 Å². The van der Waals surface area contributed by atoms with E-state index >= 15 is 0 Å². The summed E-state index contributed by atoms with van der Waals surface area (Å²) in [6.07, 6.45) is 3.50. The quantitative estimate of drug-likeness (QED) is 0.891. The Hall–Kier alpha value is -2.17. The Morgan fingerprint density at radius 2 is 1.85 bits per heavy atom. The fourth-order valence-corrected chi connectivity index (χ4v) is 1.87. The first-order chi connectivity index (χ1) is 9.56. The minimum Gasteiger partial charge on any atom is -0.435 e. The van der Waals surface area contributed by atoms with Crippen molar-refractivity contribution in [1.29, 1.82) is 0 Å². The van der Waals surface area contributed by atoms with Crippen LogP contribution in [0, 0.1) is 6.92 Å². The van der Waals surface area contributed by atoms with Crippen molar-refractivity contribution in [3.8, 4) is 5.75 Å². The largest absolute Gasteiger partial charge is 0.435 e. The third-order valence-electron chi connectivity index (χ3n) is 3.02. The van der Waals surface area contributed by atoms with Crippen LogP contribution in [0.5, 0.6) is 5.75 Å². The molecular formula is C15H16F2N2O. The second-order valence-electron chi connectivity index (χ2n) is 4.50. The van der Waals surface area contributed by atoms with E-state index in [0.29, 0.717) is 0 Å². The van der Waals surface area contributed by atoms with E-state index in [1.807, 2.05) is 19.9 Å². The molecule has 1 unspecified atom stereocenters. The maximum Gasteiger partial charge on any atom is 0.387 e. The molecule has 1 aromatic carbocycles. The molecule has 0 bridgehead atoms. The summed E-state index contributed by atoms with van der Waals surface area (Å²) in [5.41, 5.74) is 3.03. The van der Waals surface area contributed by atoms with Crippen LogP contribution in [-0.2, 0) is 0 Å². The molecule has 0 amide bonds. The molecule has 0 aliphatic carbocycles. The lowest BCUT2D eigenvalue weighted by atomic mass is 10.1. The van der Waals surface area contributed by atoms with E-state index in [0.717, 1.165) is 16.8 Å². The first-order valence-electron chi connectivity index (χ1n) is 6.28. The maximum atomic E-state index is 12.1. The van der Waals surface area contributed by atoms with Gasteiger partial charge >= 0.3 is 6.61 Å². The van der Waals surface area contributed by atoms with Crippen LogP contribution in [0.2, 0.25) is 0 Å². The molecule has 0 saturated heterocycles. The predicted molar refractivity (Wildman–Crippen MR) is 74.1 cm³/mol. The second kappa shape index (κ2) is 6.32. The average Bonchev–Trinajstić information content (AvgIpc) is 2.41. The SMILES string of the molecule is Cc1ccncc1NC(C)c1ccc(OC(F)F)cc1. The van der Waals surface area contributed by atoms with Crippen molar-refractivity contribution >= 4 is 5.69 Å². The van der Waals surface area contributed by atoms with Gasteiger partial charge in [0.2, 0.25) is 0 Å². The normalized spacial score (nSPS) is 12.2. The van der Waals surface area contributed by atoms with Crippen LogP contribution in [0.4, 0.5) is 14.5 Å². The number of pyridine rings is 1. The topological polar surface area (TPSA) is 34.2 Å². The highest BCUT2D eigenvalue weighted by Crippen LogP contribution is 2.23. The minimum atomic E-state index is -2.80. The fraction of sp³-hybridized carbons (Fsp3) is 0.267. The molecule has 1 N–H and O–H groups in total. The van der Waals surface area contributed by atoms with E-state index < -0.39 is 6.61 Å². The summed E-state index contributed by atoms with van der Waals surface area (Å²) < 4.78 is 28.5. The Morgan fingerprint density at radius 3 is 2.45 bits per heavy atom. The Kier molecular flexibility index (Phi) is 4.50. The van der Waals surface area contributed by atoms with Crippen molar-refractivity contribution in [2.45, 2.75) is 26.5 Å². The van der Waals surface area contributed by atoms with Gasteiger partial charge in [-0.25, -0.2) is 0 Å². The number of ether oxygens (including phenoxy) is 1. The summed E-state index contributed by atoms with van der Waals surface area (Å²) in [5.74, 6) is 0.161. The van der Waals surface area contributed by atoms with E-state index in [4.69, 9.17) is 0 Å². The van der Waals surface area contributed by atoms with Gasteiger partial charge in [-0.2, -0.15) is 8.78 Å². The molecule has 106 valence electrons. The maximum absolute atomic E-state index is 12.1. The molecule has 2 aromatic rings. The molecule has 0 fully saturated rings. The van der Waals surface area contributed by atoms with Crippen molar-refractivity contribution in [3.05, 3.63) is 53.9 Å². The molecule has 0 aliphatic rings. The molecule has 1 aromatic heterocycles. The van der Waals surface area contributed by atoms with E-state index in [1.54, 1.807) is 24.5 Å². The number of anilines is 1. The number of alkyl halides is 2. The zero-order valence-corrected chi connectivity index (χ0v) is 11.3. The molecule has 1 heterocycles. The molecule has 0 radical (unpaired) electrons. The molecular weight excluding hydrogens is 262 g/mol. The summed E-state index contributed by atoms with van der Waals surface area (Å²) in [6.45, 7) is 1.19. The summed E-state index contributed by atoms with van der Waals surface area (Å²) in [5, 5.41) is 3.34. The Labute approximate surface area is 116 Å². The predicted octanol–water partition coefficient (Wildman–Crippen LogP) is 4.16. The summed E-state index contributed by atoms with van der Waals surface area (Å²) in [6, 6.07) is 8.57. The number of aromatic nitrogens is 1. The van der Waals surface area contributed by atoms with Gasteiger partial charge in [0.25, 0.3) is 0 Å². The van der Waals surface area contributed by atoms with Gasteiger partial charge in [0.05, 0.1) is 11.9 Å². The Bertz CT molecular complexity index is 558. The monoisotopic (exact) mass is 278 g/mol. The number of benzene rings is 1. The van der Waals surface area contributed by atoms with E-state index in [1.165, 1.54) is 12.1 Å². The summed E-state index contributed by atoms with van der Waals surface area (Å²) in [7, 11) is 0. The second-order valence-corrected chi connectivity index (χ2v) is 4.50. The third kappa shape index (κ3) is 3.66. The zero-order chi connectivity index (χ0) is 14.5. The summed E-state index contributed by atoms with van der Waals surface area (Å²) in [4.78, 5) is 4.07. The molecule has 3 nitrogen and oxygen atoms in total. The minimum absolute atomic E-state index is 0.0403. The van der Waals surface area contributed by atoms with Gasteiger partial charge in [0.15, 0.2) is 0 Å². The first-order valence-corrected chi connectivity index (χ1v) is 6.28.